The Morgan fingerprint density at radius 2 is 2.35 bits per heavy atom. The van der Waals surface area contributed by atoms with E-state index in [4.69, 9.17) is 5.73 Å². The fraction of sp³-hybridized carbons (Fsp3) is 0.545. The first-order chi connectivity index (χ1) is 8.25. The van der Waals surface area contributed by atoms with Gasteiger partial charge >= 0.3 is 6.03 Å². The maximum absolute atomic E-state index is 10.8. The molecule has 6 nitrogen and oxygen atoms in total. The monoisotopic (exact) mass is 235 g/mol. The average Bonchev–Trinajstić information content (AvgIpc) is 2.55. The summed E-state index contributed by atoms with van der Waals surface area (Å²) in [5, 5.41) is 2.77. The van der Waals surface area contributed by atoms with Gasteiger partial charge in [0.25, 0.3) is 0 Å². The van der Waals surface area contributed by atoms with Gasteiger partial charge in [0.1, 0.15) is 12.1 Å². The zero-order valence-corrected chi connectivity index (χ0v) is 9.67. The number of amides is 2. The average molecular weight is 235 g/mol. The zero-order chi connectivity index (χ0) is 12.1. The molecule has 1 aromatic rings. The molecule has 1 fully saturated rings. The van der Waals surface area contributed by atoms with Crippen molar-refractivity contribution in [2.75, 3.05) is 18.0 Å². The highest BCUT2D eigenvalue weighted by Crippen LogP contribution is 2.16. The Balaban J connectivity index is 1.94. The number of urea groups is 1. The zero-order valence-electron chi connectivity index (χ0n) is 9.67. The van der Waals surface area contributed by atoms with Crippen molar-refractivity contribution in [2.24, 2.45) is 5.73 Å². The molecule has 2 heterocycles. The number of primary amides is 1. The lowest BCUT2D eigenvalue weighted by molar-refractivity contribution is 0.244. The summed E-state index contributed by atoms with van der Waals surface area (Å²) < 4.78 is 0. The lowest BCUT2D eigenvalue weighted by atomic mass is 10.1. The molecule has 0 saturated carbocycles. The molecule has 1 unspecified atom stereocenters. The molecule has 92 valence electrons. The van der Waals surface area contributed by atoms with E-state index in [1.807, 2.05) is 6.07 Å². The molecule has 1 aliphatic rings. The van der Waals surface area contributed by atoms with Crippen LogP contribution in [0.15, 0.2) is 18.6 Å². The van der Waals surface area contributed by atoms with Crippen LogP contribution in [-0.2, 0) is 0 Å². The molecule has 1 aliphatic heterocycles. The van der Waals surface area contributed by atoms with E-state index < -0.39 is 6.03 Å². The Labute approximate surface area is 100 Å². The van der Waals surface area contributed by atoms with Crippen molar-refractivity contribution in [3.8, 4) is 0 Å². The predicted octanol–water partition coefficient (Wildman–Crippen LogP) is 0.504. The maximum atomic E-state index is 10.8. The van der Waals surface area contributed by atoms with Gasteiger partial charge in [-0.1, -0.05) is 0 Å². The van der Waals surface area contributed by atoms with Crippen LogP contribution < -0.4 is 16.0 Å². The summed E-state index contributed by atoms with van der Waals surface area (Å²) in [5.41, 5.74) is 5.14. The van der Waals surface area contributed by atoms with Gasteiger partial charge in [0.2, 0.25) is 0 Å². The summed E-state index contributed by atoms with van der Waals surface area (Å²) in [6.45, 7) is 1.83. The topological polar surface area (TPSA) is 84.1 Å². The molecular formula is C11H17N5O. The second kappa shape index (κ2) is 5.47. The van der Waals surface area contributed by atoms with E-state index in [0.29, 0.717) is 0 Å². The van der Waals surface area contributed by atoms with Crippen molar-refractivity contribution in [1.29, 1.82) is 0 Å². The lowest BCUT2D eigenvalue weighted by Crippen LogP contribution is -2.39. The van der Waals surface area contributed by atoms with Gasteiger partial charge in [0, 0.05) is 25.3 Å². The minimum absolute atomic E-state index is 0.180. The highest BCUT2D eigenvalue weighted by molar-refractivity contribution is 5.71. The van der Waals surface area contributed by atoms with Crippen LogP contribution in [0.25, 0.3) is 0 Å². The van der Waals surface area contributed by atoms with Crippen molar-refractivity contribution in [1.82, 2.24) is 15.3 Å². The largest absolute Gasteiger partial charge is 0.356 e. The number of rotatable bonds is 2. The third-order valence-corrected chi connectivity index (χ3v) is 2.96. The number of nitrogens with two attached hydrogens (primary N) is 1. The summed E-state index contributed by atoms with van der Waals surface area (Å²) in [5.74, 6) is 0.944. The van der Waals surface area contributed by atoms with Gasteiger partial charge in [-0.2, -0.15) is 0 Å². The van der Waals surface area contributed by atoms with Crippen LogP contribution in [0, 0.1) is 0 Å². The van der Waals surface area contributed by atoms with E-state index in [1.54, 1.807) is 12.5 Å². The van der Waals surface area contributed by atoms with Crippen molar-refractivity contribution in [3.63, 3.8) is 0 Å². The fourth-order valence-corrected chi connectivity index (χ4v) is 2.14. The molecule has 17 heavy (non-hydrogen) atoms. The number of carbonyl (C=O) groups excluding carboxylic acids is 1. The number of hydrogen-bond acceptors (Lipinski definition) is 4. The predicted molar refractivity (Wildman–Crippen MR) is 64.6 cm³/mol. The minimum atomic E-state index is -0.439. The molecule has 0 bridgehead atoms. The molecule has 6 heteroatoms. The second-order valence-corrected chi connectivity index (χ2v) is 4.19. The van der Waals surface area contributed by atoms with Gasteiger partial charge in [0.15, 0.2) is 0 Å². The Kier molecular flexibility index (Phi) is 3.74. The SMILES string of the molecule is NC(=O)NC1CCCN(c2ccncn2)CC1. The standard InChI is InChI=1S/C11H17N5O/c12-11(17)15-9-2-1-6-16(7-4-9)10-3-5-13-8-14-10/h3,5,8-9H,1-2,4,6-7H2,(H3,12,15,17). The Bertz CT molecular complexity index is 369. The van der Waals surface area contributed by atoms with Crippen molar-refractivity contribution in [2.45, 2.75) is 25.3 Å². The third kappa shape index (κ3) is 3.30. The Morgan fingerprint density at radius 3 is 3.06 bits per heavy atom. The van der Waals surface area contributed by atoms with Crippen LogP contribution in [0.5, 0.6) is 0 Å². The number of nitrogens with zero attached hydrogens (tertiary/aromatic N) is 3. The van der Waals surface area contributed by atoms with Crippen molar-refractivity contribution < 1.29 is 4.79 Å². The lowest BCUT2D eigenvalue weighted by Gasteiger charge is -2.21. The van der Waals surface area contributed by atoms with Gasteiger partial charge in [-0.15, -0.1) is 0 Å². The Morgan fingerprint density at radius 1 is 1.47 bits per heavy atom. The van der Waals surface area contributed by atoms with E-state index in [9.17, 15) is 4.79 Å². The molecule has 0 aliphatic carbocycles. The summed E-state index contributed by atoms with van der Waals surface area (Å²) in [7, 11) is 0. The summed E-state index contributed by atoms with van der Waals surface area (Å²) >= 11 is 0. The first-order valence-corrected chi connectivity index (χ1v) is 5.82. The van der Waals surface area contributed by atoms with E-state index in [1.165, 1.54) is 0 Å². The number of hydrogen-bond donors (Lipinski definition) is 2. The van der Waals surface area contributed by atoms with Crippen LogP contribution in [0.1, 0.15) is 19.3 Å². The van der Waals surface area contributed by atoms with Crippen LogP contribution >= 0.6 is 0 Å². The van der Waals surface area contributed by atoms with E-state index >= 15 is 0 Å². The van der Waals surface area contributed by atoms with Gasteiger partial charge in [-0.3, -0.25) is 0 Å². The van der Waals surface area contributed by atoms with Crippen molar-refractivity contribution >= 4 is 11.8 Å². The van der Waals surface area contributed by atoms with Crippen LogP contribution in [0.4, 0.5) is 10.6 Å². The number of carbonyl (C=O) groups is 1. The van der Waals surface area contributed by atoms with Gasteiger partial charge in [-0.25, -0.2) is 14.8 Å². The molecule has 1 aromatic heterocycles. The van der Waals surface area contributed by atoms with Crippen LogP contribution in [0.2, 0.25) is 0 Å². The van der Waals surface area contributed by atoms with Crippen LogP contribution in [0.3, 0.4) is 0 Å². The van der Waals surface area contributed by atoms with Crippen LogP contribution in [-0.4, -0.2) is 35.1 Å². The molecule has 3 N–H and O–H groups in total. The molecule has 2 amide bonds. The molecule has 0 radical (unpaired) electrons. The third-order valence-electron chi connectivity index (χ3n) is 2.96. The van der Waals surface area contributed by atoms with Crippen molar-refractivity contribution in [3.05, 3.63) is 18.6 Å². The van der Waals surface area contributed by atoms with E-state index in [2.05, 4.69) is 20.2 Å². The quantitative estimate of drug-likeness (QED) is 0.782. The molecule has 2 rings (SSSR count). The van der Waals surface area contributed by atoms with Gasteiger partial charge in [0.05, 0.1) is 0 Å². The highest BCUT2D eigenvalue weighted by Gasteiger charge is 2.18. The molecule has 1 saturated heterocycles. The first-order valence-electron chi connectivity index (χ1n) is 5.82. The molecule has 0 spiro atoms. The van der Waals surface area contributed by atoms with Gasteiger partial charge < -0.3 is 16.0 Å². The highest BCUT2D eigenvalue weighted by atomic mass is 16.2. The molecular weight excluding hydrogens is 218 g/mol. The normalized spacial score (nSPS) is 20.7. The first kappa shape index (κ1) is 11.6. The number of anilines is 1. The Hall–Kier alpha value is -1.85. The van der Waals surface area contributed by atoms with E-state index in [-0.39, 0.29) is 6.04 Å². The maximum Gasteiger partial charge on any atom is 0.312 e. The minimum Gasteiger partial charge on any atom is -0.356 e. The van der Waals surface area contributed by atoms with Gasteiger partial charge in [-0.05, 0) is 25.3 Å². The molecule has 1 atom stereocenters. The second-order valence-electron chi connectivity index (χ2n) is 4.19. The fourth-order valence-electron chi connectivity index (χ4n) is 2.14. The number of aromatic nitrogens is 2. The summed E-state index contributed by atoms with van der Waals surface area (Å²) in [6.07, 6.45) is 6.18. The summed E-state index contributed by atoms with van der Waals surface area (Å²) in [6, 6.07) is 1.65. The molecule has 0 aromatic carbocycles. The van der Waals surface area contributed by atoms with E-state index in [0.717, 1.165) is 38.2 Å². The smallest absolute Gasteiger partial charge is 0.312 e. The summed E-state index contributed by atoms with van der Waals surface area (Å²) in [4.78, 5) is 21.2. The number of nitrogens with one attached hydrogen (secondary N) is 1.